The van der Waals surface area contributed by atoms with Gasteiger partial charge in [0.1, 0.15) is 5.75 Å². The number of ether oxygens (including phenoxy) is 1. The van der Waals surface area contributed by atoms with Crippen molar-refractivity contribution in [2.24, 2.45) is 11.7 Å². The molecule has 4 nitrogen and oxygen atoms in total. The summed E-state index contributed by atoms with van der Waals surface area (Å²) in [5.41, 5.74) is 6.57. The first-order chi connectivity index (χ1) is 8.60. The van der Waals surface area contributed by atoms with Crippen molar-refractivity contribution in [1.82, 2.24) is 0 Å². The van der Waals surface area contributed by atoms with Gasteiger partial charge < -0.3 is 15.8 Å². The monoisotopic (exact) mass is 348 g/mol. The average Bonchev–Trinajstić information content (AvgIpc) is 2.78. The standard InChI is InChI=1S/C13H17BrN2O2.ClH/c1-18-12-7-10(4-5-11(12)14)16-13(17)8-2-3-9(15)6-8;/h4-5,7-9H,2-3,6,15H2,1H3,(H,16,17);1H. The molecule has 0 aliphatic heterocycles. The Labute approximate surface area is 127 Å². The summed E-state index contributed by atoms with van der Waals surface area (Å²) in [5.74, 6) is 0.790. The first-order valence-corrected chi connectivity index (χ1v) is 6.79. The number of benzene rings is 1. The van der Waals surface area contributed by atoms with Crippen LogP contribution < -0.4 is 15.8 Å². The highest BCUT2D eigenvalue weighted by atomic mass is 79.9. The molecule has 0 aromatic heterocycles. The van der Waals surface area contributed by atoms with Gasteiger partial charge in [0.15, 0.2) is 0 Å². The number of carbonyl (C=O) groups excluding carboxylic acids is 1. The third-order valence-corrected chi connectivity index (χ3v) is 3.92. The molecule has 2 rings (SSSR count). The average molecular weight is 350 g/mol. The molecular formula is C13H18BrClN2O2. The van der Waals surface area contributed by atoms with E-state index in [-0.39, 0.29) is 30.3 Å². The minimum atomic E-state index is 0. The topological polar surface area (TPSA) is 64.3 Å². The molecule has 1 saturated carbocycles. The van der Waals surface area contributed by atoms with E-state index < -0.39 is 0 Å². The summed E-state index contributed by atoms with van der Waals surface area (Å²) in [5, 5.41) is 2.91. The van der Waals surface area contributed by atoms with E-state index in [1.165, 1.54) is 0 Å². The van der Waals surface area contributed by atoms with E-state index >= 15 is 0 Å². The number of methoxy groups -OCH3 is 1. The van der Waals surface area contributed by atoms with Gasteiger partial charge in [-0.2, -0.15) is 0 Å². The highest BCUT2D eigenvalue weighted by Crippen LogP contribution is 2.29. The third kappa shape index (κ3) is 4.09. The zero-order valence-corrected chi connectivity index (χ0v) is 13.1. The number of carbonyl (C=O) groups is 1. The van der Waals surface area contributed by atoms with Crippen LogP contribution in [-0.4, -0.2) is 19.1 Å². The maximum Gasteiger partial charge on any atom is 0.227 e. The van der Waals surface area contributed by atoms with E-state index in [4.69, 9.17) is 10.5 Å². The lowest BCUT2D eigenvalue weighted by Gasteiger charge is -2.12. The van der Waals surface area contributed by atoms with Crippen molar-refractivity contribution in [3.05, 3.63) is 22.7 Å². The summed E-state index contributed by atoms with van der Waals surface area (Å²) in [6, 6.07) is 5.67. The van der Waals surface area contributed by atoms with Gasteiger partial charge in [-0.15, -0.1) is 12.4 Å². The van der Waals surface area contributed by atoms with Gasteiger partial charge in [0.25, 0.3) is 0 Å². The molecule has 2 atom stereocenters. The number of hydrogen-bond acceptors (Lipinski definition) is 3. The van der Waals surface area contributed by atoms with E-state index in [1.54, 1.807) is 13.2 Å². The third-order valence-electron chi connectivity index (χ3n) is 3.26. The Morgan fingerprint density at radius 1 is 1.47 bits per heavy atom. The zero-order chi connectivity index (χ0) is 13.1. The molecule has 1 aromatic carbocycles. The molecule has 19 heavy (non-hydrogen) atoms. The van der Waals surface area contributed by atoms with Gasteiger partial charge in [-0.3, -0.25) is 4.79 Å². The van der Waals surface area contributed by atoms with Crippen molar-refractivity contribution in [3.8, 4) is 5.75 Å². The molecule has 3 N–H and O–H groups in total. The smallest absolute Gasteiger partial charge is 0.227 e. The normalized spacial score (nSPS) is 21.6. The molecule has 1 aliphatic carbocycles. The Morgan fingerprint density at radius 2 is 2.21 bits per heavy atom. The SMILES string of the molecule is COc1cc(NC(=O)C2CCC(N)C2)ccc1Br.Cl. The number of amides is 1. The van der Waals surface area contributed by atoms with Crippen molar-refractivity contribution < 1.29 is 9.53 Å². The number of anilines is 1. The van der Waals surface area contributed by atoms with Crippen LogP contribution in [0.4, 0.5) is 5.69 Å². The summed E-state index contributed by atoms with van der Waals surface area (Å²) < 4.78 is 6.06. The quantitative estimate of drug-likeness (QED) is 0.882. The predicted molar refractivity (Wildman–Crippen MR) is 81.9 cm³/mol. The van der Waals surface area contributed by atoms with Crippen molar-refractivity contribution in [2.75, 3.05) is 12.4 Å². The van der Waals surface area contributed by atoms with Crippen LogP contribution in [-0.2, 0) is 4.79 Å². The van der Waals surface area contributed by atoms with E-state index in [9.17, 15) is 4.79 Å². The molecule has 0 spiro atoms. The van der Waals surface area contributed by atoms with Crippen LogP contribution in [0.2, 0.25) is 0 Å². The van der Waals surface area contributed by atoms with Crippen LogP contribution in [0.1, 0.15) is 19.3 Å². The van der Waals surface area contributed by atoms with Crippen LogP contribution in [0.3, 0.4) is 0 Å². The zero-order valence-electron chi connectivity index (χ0n) is 10.7. The molecule has 0 heterocycles. The lowest BCUT2D eigenvalue weighted by Crippen LogP contribution is -2.23. The van der Waals surface area contributed by atoms with Crippen molar-refractivity contribution in [1.29, 1.82) is 0 Å². The second-order valence-corrected chi connectivity index (χ2v) is 5.46. The molecule has 1 fully saturated rings. The molecule has 1 amide bonds. The van der Waals surface area contributed by atoms with Crippen molar-refractivity contribution in [2.45, 2.75) is 25.3 Å². The largest absolute Gasteiger partial charge is 0.495 e. The molecule has 0 bridgehead atoms. The minimum absolute atomic E-state index is 0. The lowest BCUT2D eigenvalue weighted by atomic mass is 10.1. The Hall–Kier alpha value is -0.780. The fourth-order valence-corrected chi connectivity index (χ4v) is 2.64. The van der Waals surface area contributed by atoms with Crippen molar-refractivity contribution >= 4 is 39.9 Å². The van der Waals surface area contributed by atoms with Gasteiger partial charge in [-0.05, 0) is 47.3 Å². The number of hydrogen-bond donors (Lipinski definition) is 2. The predicted octanol–water partition coefficient (Wildman–Crippen LogP) is 2.95. The Kier molecular flexibility index (Phi) is 6.10. The molecule has 1 aliphatic rings. The molecule has 0 radical (unpaired) electrons. The maximum absolute atomic E-state index is 12.0. The number of nitrogens with two attached hydrogens (primary N) is 1. The molecule has 1 aromatic rings. The first-order valence-electron chi connectivity index (χ1n) is 6.00. The molecular weight excluding hydrogens is 332 g/mol. The number of nitrogens with one attached hydrogen (secondary N) is 1. The Balaban J connectivity index is 0.00000180. The van der Waals surface area contributed by atoms with E-state index in [0.29, 0.717) is 5.75 Å². The highest BCUT2D eigenvalue weighted by molar-refractivity contribution is 9.10. The fourth-order valence-electron chi connectivity index (χ4n) is 2.24. The van der Waals surface area contributed by atoms with Crippen LogP contribution in [0, 0.1) is 5.92 Å². The Morgan fingerprint density at radius 3 is 2.79 bits per heavy atom. The molecule has 2 unspecified atom stereocenters. The van der Waals surface area contributed by atoms with Crippen LogP contribution in [0.5, 0.6) is 5.75 Å². The van der Waals surface area contributed by atoms with Crippen LogP contribution >= 0.6 is 28.3 Å². The summed E-state index contributed by atoms with van der Waals surface area (Å²) in [6.07, 6.45) is 2.59. The molecule has 106 valence electrons. The summed E-state index contributed by atoms with van der Waals surface area (Å²) in [4.78, 5) is 12.0. The minimum Gasteiger partial charge on any atom is -0.495 e. The van der Waals surface area contributed by atoms with Crippen molar-refractivity contribution in [3.63, 3.8) is 0 Å². The summed E-state index contributed by atoms with van der Waals surface area (Å²) in [6.45, 7) is 0. The van der Waals surface area contributed by atoms with Gasteiger partial charge in [-0.25, -0.2) is 0 Å². The second kappa shape index (κ2) is 7.12. The molecule has 0 saturated heterocycles. The fraction of sp³-hybridized carbons (Fsp3) is 0.462. The summed E-state index contributed by atoms with van der Waals surface area (Å²) in [7, 11) is 1.60. The van der Waals surface area contributed by atoms with Gasteiger partial charge in [0.2, 0.25) is 5.91 Å². The first kappa shape index (κ1) is 16.3. The van der Waals surface area contributed by atoms with Gasteiger partial charge in [0, 0.05) is 23.7 Å². The van der Waals surface area contributed by atoms with E-state index in [1.807, 2.05) is 12.1 Å². The van der Waals surface area contributed by atoms with Gasteiger partial charge in [-0.1, -0.05) is 0 Å². The van der Waals surface area contributed by atoms with Gasteiger partial charge >= 0.3 is 0 Å². The highest BCUT2D eigenvalue weighted by Gasteiger charge is 2.27. The van der Waals surface area contributed by atoms with Gasteiger partial charge in [0.05, 0.1) is 11.6 Å². The Bertz CT molecular complexity index is 456. The van der Waals surface area contributed by atoms with E-state index in [0.717, 1.165) is 29.4 Å². The van der Waals surface area contributed by atoms with Crippen LogP contribution in [0.25, 0.3) is 0 Å². The lowest BCUT2D eigenvalue weighted by molar-refractivity contribution is -0.119. The van der Waals surface area contributed by atoms with Crippen LogP contribution in [0.15, 0.2) is 22.7 Å². The van der Waals surface area contributed by atoms with E-state index in [2.05, 4.69) is 21.2 Å². The maximum atomic E-state index is 12.0. The summed E-state index contributed by atoms with van der Waals surface area (Å²) >= 11 is 3.38. The second-order valence-electron chi connectivity index (χ2n) is 4.61. The number of halogens is 2. The molecule has 6 heteroatoms. The number of rotatable bonds is 3.